The maximum absolute atomic E-state index is 12.0. The van der Waals surface area contributed by atoms with Crippen LogP contribution in [0.15, 0.2) is 29.4 Å². The van der Waals surface area contributed by atoms with Crippen LogP contribution in [0.25, 0.3) is 0 Å². The molecule has 0 aliphatic carbocycles. The Morgan fingerprint density at radius 2 is 1.90 bits per heavy atom. The third-order valence-electron chi connectivity index (χ3n) is 2.78. The van der Waals surface area contributed by atoms with Crippen LogP contribution in [0.1, 0.15) is 12.0 Å². The Kier molecular flexibility index (Phi) is 6.29. The van der Waals surface area contributed by atoms with Crippen molar-refractivity contribution < 1.29 is 23.1 Å². The van der Waals surface area contributed by atoms with Crippen LogP contribution in [0.4, 0.5) is 13.2 Å². The van der Waals surface area contributed by atoms with Gasteiger partial charge in [0.25, 0.3) is 0 Å². The summed E-state index contributed by atoms with van der Waals surface area (Å²) in [5.41, 5.74) is 5.96. The number of alkyl halides is 3. The molecule has 0 radical (unpaired) electrons. The van der Waals surface area contributed by atoms with E-state index in [0.29, 0.717) is 17.9 Å². The Balaban J connectivity index is 2.32. The summed E-state index contributed by atoms with van der Waals surface area (Å²) in [5, 5.41) is 11.4. The molecule has 1 aromatic carbocycles. The Morgan fingerprint density at radius 1 is 1.29 bits per heavy atom. The van der Waals surface area contributed by atoms with Crippen molar-refractivity contribution in [3.8, 4) is 5.75 Å². The van der Waals surface area contributed by atoms with Gasteiger partial charge in [-0.15, -0.1) is 0 Å². The Labute approximate surface area is 120 Å². The van der Waals surface area contributed by atoms with Crippen molar-refractivity contribution in [2.75, 3.05) is 26.7 Å². The van der Waals surface area contributed by atoms with Crippen LogP contribution in [0.3, 0.4) is 0 Å². The van der Waals surface area contributed by atoms with Gasteiger partial charge in [0.2, 0.25) is 0 Å². The second-order valence-electron chi connectivity index (χ2n) is 4.53. The van der Waals surface area contributed by atoms with Crippen LogP contribution in [0, 0.1) is 0 Å². The highest BCUT2D eigenvalue weighted by molar-refractivity contribution is 5.97. The van der Waals surface area contributed by atoms with Gasteiger partial charge in [0.05, 0.1) is 6.42 Å². The van der Waals surface area contributed by atoms with Gasteiger partial charge in [0, 0.05) is 18.7 Å². The first-order valence-electron chi connectivity index (χ1n) is 6.28. The summed E-state index contributed by atoms with van der Waals surface area (Å²) in [4.78, 5) is 1.55. The molecule has 0 amide bonds. The molecule has 0 saturated carbocycles. The van der Waals surface area contributed by atoms with Crippen LogP contribution in [-0.4, -0.2) is 48.9 Å². The molecule has 0 spiro atoms. The number of benzene rings is 1. The zero-order chi connectivity index (χ0) is 15.9. The smallest absolute Gasteiger partial charge is 0.390 e. The van der Waals surface area contributed by atoms with Gasteiger partial charge in [-0.2, -0.15) is 13.2 Å². The lowest BCUT2D eigenvalue weighted by molar-refractivity contribution is -0.137. The number of nitrogens with zero attached hydrogens (tertiary/aromatic N) is 2. The summed E-state index contributed by atoms with van der Waals surface area (Å²) in [6, 6.07) is 6.53. The fraction of sp³-hybridized carbons (Fsp3) is 0.462. The lowest BCUT2D eigenvalue weighted by Crippen LogP contribution is -2.28. The van der Waals surface area contributed by atoms with Crippen molar-refractivity contribution in [3.05, 3.63) is 29.8 Å². The number of halogens is 3. The summed E-state index contributed by atoms with van der Waals surface area (Å²) in [5.74, 6) is 0.558. The van der Waals surface area contributed by atoms with Crippen LogP contribution in [0.2, 0.25) is 0 Å². The molecule has 0 heterocycles. The third kappa shape index (κ3) is 6.84. The molecule has 5 nitrogen and oxygen atoms in total. The van der Waals surface area contributed by atoms with Crippen molar-refractivity contribution in [2.24, 2.45) is 10.9 Å². The summed E-state index contributed by atoms with van der Waals surface area (Å²) < 4.78 is 41.5. The van der Waals surface area contributed by atoms with E-state index < -0.39 is 12.6 Å². The lowest BCUT2D eigenvalue weighted by Gasteiger charge is -2.17. The maximum atomic E-state index is 12.0. The van der Waals surface area contributed by atoms with E-state index in [1.807, 2.05) is 0 Å². The highest BCUT2D eigenvalue weighted by atomic mass is 19.4. The summed E-state index contributed by atoms with van der Waals surface area (Å²) in [7, 11) is 1.61. The first-order valence-corrected chi connectivity index (χ1v) is 6.28. The molecule has 0 bridgehead atoms. The molecule has 1 rings (SSSR count). The molecule has 3 N–H and O–H groups in total. The van der Waals surface area contributed by atoms with Crippen molar-refractivity contribution in [1.82, 2.24) is 4.90 Å². The maximum Gasteiger partial charge on any atom is 0.390 e. The van der Waals surface area contributed by atoms with Crippen LogP contribution in [-0.2, 0) is 0 Å². The van der Waals surface area contributed by atoms with Gasteiger partial charge in [-0.05, 0) is 31.3 Å². The third-order valence-corrected chi connectivity index (χ3v) is 2.78. The van der Waals surface area contributed by atoms with Crippen molar-refractivity contribution in [3.63, 3.8) is 0 Å². The minimum Gasteiger partial charge on any atom is -0.492 e. The van der Waals surface area contributed by atoms with E-state index >= 15 is 0 Å². The molecule has 0 aliphatic heterocycles. The van der Waals surface area contributed by atoms with Gasteiger partial charge in [0.1, 0.15) is 12.4 Å². The standard InChI is InChI=1S/C13H18F3N3O2/c1-19(7-6-13(14,15)16)8-9-21-11-4-2-10(3-5-11)12(17)18-20/h2-5,20H,6-9H2,1H3,(H2,17,18). The first kappa shape index (κ1) is 17.1. The molecule has 0 saturated heterocycles. The van der Waals surface area contributed by atoms with E-state index in [0.717, 1.165) is 0 Å². The van der Waals surface area contributed by atoms with E-state index in [1.54, 1.807) is 36.2 Å². The number of amidine groups is 1. The zero-order valence-corrected chi connectivity index (χ0v) is 11.6. The van der Waals surface area contributed by atoms with E-state index in [4.69, 9.17) is 15.7 Å². The first-order chi connectivity index (χ1) is 9.81. The highest BCUT2D eigenvalue weighted by Gasteiger charge is 2.26. The molecule has 0 aliphatic rings. The van der Waals surface area contributed by atoms with E-state index in [1.165, 1.54) is 0 Å². The van der Waals surface area contributed by atoms with Gasteiger partial charge < -0.3 is 20.6 Å². The van der Waals surface area contributed by atoms with Gasteiger partial charge in [0.15, 0.2) is 5.84 Å². The van der Waals surface area contributed by atoms with Crippen molar-refractivity contribution >= 4 is 5.84 Å². The van der Waals surface area contributed by atoms with E-state index in [2.05, 4.69) is 5.16 Å². The van der Waals surface area contributed by atoms with E-state index in [9.17, 15) is 13.2 Å². The second-order valence-corrected chi connectivity index (χ2v) is 4.53. The largest absolute Gasteiger partial charge is 0.492 e. The molecular weight excluding hydrogens is 287 g/mol. The van der Waals surface area contributed by atoms with Crippen molar-refractivity contribution in [1.29, 1.82) is 0 Å². The van der Waals surface area contributed by atoms with Crippen LogP contribution < -0.4 is 10.5 Å². The number of hydrogen-bond acceptors (Lipinski definition) is 4. The average molecular weight is 305 g/mol. The summed E-state index contributed by atoms with van der Waals surface area (Å²) >= 11 is 0. The molecule has 0 atom stereocenters. The number of likely N-dealkylation sites (N-methyl/N-ethyl adjacent to an activating group) is 1. The Hall–Kier alpha value is -1.96. The molecule has 1 aromatic rings. The Morgan fingerprint density at radius 3 is 2.43 bits per heavy atom. The molecule has 0 unspecified atom stereocenters. The number of rotatable bonds is 7. The highest BCUT2D eigenvalue weighted by Crippen LogP contribution is 2.19. The van der Waals surface area contributed by atoms with Gasteiger partial charge in [-0.1, -0.05) is 5.16 Å². The molecule has 21 heavy (non-hydrogen) atoms. The summed E-state index contributed by atoms with van der Waals surface area (Å²) in [6.07, 6.45) is -4.98. The number of ether oxygens (including phenoxy) is 1. The normalized spacial score (nSPS) is 12.7. The second kappa shape index (κ2) is 7.72. The molecular formula is C13H18F3N3O2. The molecule has 8 heteroatoms. The SMILES string of the molecule is CN(CCOc1ccc(C(N)=NO)cc1)CCC(F)(F)F. The monoisotopic (exact) mass is 305 g/mol. The predicted molar refractivity (Wildman–Crippen MR) is 72.6 cm³/mol. The van der Waals surface area contributed by atoms with Gasteiger partial charge in [-0.3, -0.25) is 0 Å². The Bertz CT molecular complexity index is 461. The summed E-state index contributed by atoms with van der Waals surface area (Å²) in [6.45, 7) is 0.602. The molecule has 0 fully saturated rings. The average Bonchev–Trinajstić information content (AvgIpc) is 2.44. The van der Waals surface area contributed by atoms with Gasteiger partial charge >= 0.3 is 6.18 Å². The van der Waals surface area contributed by atoms with E-state index in [-0.39, 0.29) is 19.0 Å². The molecule has 0 aromatic heterocycles. The quantitative estimate of drug-likeness (QED) is 0.350. The topological polar surface area (TPSA) is 71.1 Å². The van der Waals surface area contributed by atoms with Crippen LogP contribution >= 0.6 is 0 Å². The number of oxime groups is 1. The fourth-order valence-electron chi connectivity index (χ4n) is 1.53. The minimum atomic E-state index is -4.14. The predicted octanol–water partition coefficient (Wildman–Crippen LogP) is 2.04. The lowest BCUT2D eigenvalue weighted by atomic mass is 10.2. The zero-order valence-electron chi connectivity index (χ0n) is 11.6. The van der Waals surface area contributed by atoms with Crippen molar-refractivity contribution in [2.45, 2.75) is 12.6 Å². The van der Waals surface area contributed by atoms with Gasteiger partial charge in [-0.25, -0.2) is 0 Å². The number of nitrogens with two attached hydrogens (primary N) is 1. The fourth-order valence-corrected chi connectivity index (χ4v) is 1.53. The molecule has 118 valence electrons. The minimum absolute atomic E-state index is 0.00608. The number of hydrogen-bond donors (Lipinski definition) is 2. The van der Waals surface area contributed by atoms with Crippen LogP contribution in [0.5, 0.6) is 5.75 Å².